The summed E-state index contributed by atoms with van der Waals surface area (Å²) in [5.41, 5.74) is 6.26. The predicted octanol–water partition coefficient (Wildman–Crippen LogP) is 8.27. The van der Waals surface area contributed by atoms with Crippen LogP contribution in [0.4, 0.5) is 4.79 Å². The van der Waals surface area contributed by atoms with E-state index < -0.39 is 15.5 Å². The molecule has 4 unspecified atom stereocenters. The first kappa shape index (κ1) is 52.1. The van der Waals surface area contributed by atoms with Crippen molar-refractivity contribution in [3.63, 3.8) is 0 Å². The summed E-state index contributed by atoms with van der Waals surface area (Å²) in [5, 5.41) is 15.4. The third-order valence-electron chi connectivity index (χ3n) is 18.0. The van der Waals surface area contributed by atoms with Crippen LogP contribution in [0.1, 0.15) is 86.7 Å². The van der Waals surface area contributed by atoms with Crippen molar-refractivity contribution >= 4 is 43.4 Å². The van der Waals surface area contributed by atoms with Crippen LogP contribution >= 0.6 is 15.5 Å². The second kappa shape index (κ2) is 21.4. The fourth-order valence-electron chi connectivity index (χ4n) is 14.6. The number of fused-ring (bicyclic) bond motifs is 8. The number of phenols is 1. The van der Waals surface area contributed by atoms with Gasteiger partial charge in [0.2, 0.25) is 0 Å². The van der Waals surface area contributed by atoms with E-state index in [1.54, 1.807) is 23.1 Å². The number of carbonyl (C=O) groups is 1. The van der Waals surface area contributed by atoms with Crippen molar-refractivity contribution in [3.05, 3.63) is 58.9 Å². The number of hydrogen-bond acceptors (Lipinski definition) is 14. The molecular weight excluding hydrogens is 955 g/mol. The van der Waals surface area contributed by atoms with Crippen LogP contribution in [0, 0.1) is 23.7 Å². The molecule has 10 heterocycles. The fraction of sp³-hybridized carbons (Fsp3) is 0.679. The third kappa shape index (κ3) is 9.43. The molecule has 72 heavy (non-hydrogen) atoms. The zero-order valence-corrected chi connectivity index (χ0v) is 45.8. The summed E-state index contributed by atoms with van der Waals surface area (Å²) < 4.78 is 59.4. The first-order chi connectivity index (χ1) is 34.8. The van der Waals surface area contributed by atoms with Crippen LogP contribution < -0.4 is 10.1 Å². The first-order valence-electron chi connectivity index (χ1n) is 26.8. The molecule has 6 saturated heterocycles. The minimum atomic E-state index is -3.60. The quantitative estimate of drug-likeness (QED) is 0.155. The number of amides is 1. The third-order valence-corrected chi connectivity index (χ3v) is 21.7. The number of rotatable bonds is 9. The molecule has 19 heteroatoms. The van der Waals surface area contributed by atoms with Gasteiger partial charge in [0.25, 0.3) is 0 Å². The van der Waals surface area contributed by atoms with Crippen LogP contribution in [-0.4, -0.2) is 178 Å². The average molecular weight is 1040 g/mol. The van der Waals surface area contributed by atoms with E-state index in [0.717, 1.165) is 111 Å². The summed E-state index contributed by atoms with van der Waals surface area (Å²) in [6.07, 6.45) is 8.57. The number of nitrogens with zero attached hydrogens (tertiary/aromatic N) is 7. The van der Waals surface area contributed by atoms with Crippen molar-refractivity contribution in [2.24, 2.45) is 23.7 Å². The lowest BCUT2D eigenvalue weighted by molar-refractivity contribution is -0.0138. The van der Waals surface area contributed by atoms with E-state index in [9.17, 15) is 19.0 Å². The molecule has 8 aliphatic heterocycles. The highest BCUT2D eigenvalue weighted by Crippen LogP contribution is 2.61. The number of aromatic nitrogens is 2. The number of ether oxygens (including phenoxy) is 1. The molecule has 2 N–H and O–H groups in total. The highest BCUT2D eigenvalue weighted by atomic mass is 31.2. The first-order valence-corrected chi connectivity index (χ1v) is 29.8. The van der Waals surface area contributed by atoms with Crippen LogP contribution in [-0.2, 0) is 40.1 Å². The molecule has 2 aliphatic carbocycles. The second-order valence-corrected chi connectivity index (χ2v) is 25.9. The minimum Gasteiger partial charge on any atom is -0.508 e. The fourth-order valence-corrected chi connectivity index (χ4v) is 17.5. The number of carbonyl (C=O) groups excluding carboxylic acids is 1. The van der Waals surface area contributed by atoms with E-state index in [2.05, 4.69) is 52.9 Å². The molecule has 10 atom stereocenters. The molecule has 2 aromatic carbocycles. The van der Waals surface area contributed by atoms with Gasteiger partial charge in [0.15, 0.2) is 0 Å². The van der Waals surface area contributed by atoms with Gasteiger partial charge in [-0.3, -0.25) is 36.6 Å². The van der Waals surface area contributed by atoms with Gasteiger partial charge >= 0.3 is 21.6 Å². The Morgan fingerprint density at radius 3 is 1.57 bits per heavy atom. The van der Waals surface area contributed by atoms with Crippen molar-refractivity contribution in [1.29, 1.82) is 0 Å². The lowest BCUT2D eigenvalue weighted by Crippen LogP contribution is -2.56. The van der Waals surface area contributed by atoms with Crippen LogP contribution in [0.2, 0.25) is 0 Å². The molecule has 14 rings (SSSR count). The van der Waals surface area contributed by atoms with Crippen LogP contribution in [0.3, 0.4) is 0 Å². The summed E-state index contributed by atoms with van der Waals surface area (Å²) in [6, 6.07) is 11.9. The van der Waals surface area contributed by atoms with Crippen LogP contribution in [0.5, 0.6) is 11.5 Å². The molecule has 0 radical (unpaired) electrons. The molecule has 2 aromatic heterocycles. The van der Waals surface area contributed by atoms with Gasteiger partial charge in [-0.2, -0.15) is 0 Å². The maximum absolute atomic E-state index is 14.0. The number of piperazine rings is 2. The number of likely N-dealkylation sites (N-methyl/N-ethyl adjacent to an activating group) is 2. The number of hydrogen-bond donors (Lipinski definition) is 2. The van der Waals surface area contributed by atoms with Crippen LogP contribution in [0.15, 0.2) is 36.4 Å². The van der Waals surface area contributed by atoms with Gasteiger partial charge in [0.1, 0.15) is 11.5 Å². The molecular formula is C53H80N8O9P2. The summed E-state index contributed by atoms with van der Waals surface area (Å²) in [7, 11) is 2.93. The molecule has 10 aliphatic rings. The molecule has 8 bridgehead atoms. The Morgan fingerprint density at radius 2 is 1.11 bits per heavy atom. The number of benzene rings is 2. The highest BCUT2D eigenvalue weighted by Gasteiger charge is 2.52. The zero-order chi connectivity index (χ0) is 50.6. The van der Waals surface area contributed by atoms with Gasteiger partial charge in [-0.25, -0.2) is 13.9 Å². The van der Waals surface area contributed by atoms with Crippen molar-refractivity contribution in [2.45, 2.75) is 89.1 Å². The Kier molecular flexibility index (Phi) is 15.5. The smallest absolute Gasteiger partial charge is 0.439 e. The Bertz CT molecular complexity index is 2680. The minimum absolute atomic E-state index is 0.234. The number of piperidine rings is 4. The van der Waals surface area contributed by atoms with E-state index in [4.69, 9.17) is 22.8 Å². The molecule has 8 fully saturated rings. The zero-order valence-electron chi connectivity index (χ0n) is 44.0. The maximum atomic E-state index is 14.0. The lowest BCUT2D eigenvalue weighted by Gasteiger charge is -2.53. The summed E-state index contributed by atoms with van der Waals surface area (Å²) in [6.45, 7) is 16.7. The average Bonchev–Trinajstić information content (AvgIpc) is 3.84. The Labute approximate surface area is 426 Å². The van der Waals surface area contributed by atoms with E-state index in [0.29, 0.717) is 60.5 Å². The van der Waals surface area contributed by atoms with E-state index in [1.807, 2.05) is 26.9 Å². The van der Waals surface area contributed by atoms with Crippen molar-refractivity contribution in [1.82, 2.24) is 38.5 Å². The number of aromatic hydroxyl groups is 1. The SMILES string of the molecule is CC[C@H]1C[C@H]2C[C@H]3c4c(c5cc(O)ccc5n4P(=O)(OC)OC)CCN(C2)C13.CC[C@H]1C[C@H]2C[C@H]3c4c(c5cc(OC(=O)N6CCN(C)CC6)ccc5n4P(=O)(OC)OC)CCN(C2)C13.CN1CCNCC1. The standard InChI is InChI=1S/C27H39N4O5P.C21H29N2O4P.C5H12N2/c1-5-19-14-18-15-23-25(19)30(17-18)9-8-21-22-16-20(36-27(32)29-12-10-28(2)11-13-29)6-7-24(22)31(26(21)23)37(33,34-3)35-4;1-4-14-9-13-10-18-20(14)22(12-13)8-7-16-17-11-15(24)5-6-19(17)23(21(16)18)28(25,26-2)27-3;1-7-4-2-6-3-5-7/h6-7,16,18-19,23,25H,5,8-15,17H2,1-4H3;5-6,11,13-14,18,20,24H,4,7-10,12H2,1-3H3;6H,2-5H2,1H3/t18-,19-,23+,25?;13-,14-,18+,20?;/m00./s1. The molecule has 0 spiro atoms. The van der Waals surface area contributed by atoms with Crippen LogP contribution in [0.25, 0.3) is 21.8 Å². The van der Waals surface area contributed by atoms with Gasteiger partial charge < -0.3 is 29.9 Å². The number of nitrogens with one attached hydrogen (secondary N) is 1. The van der Waals surface area contributed by atoms with Crippen molar-refractivity contribution in [3.8, 4) is 11.5 Å². The molecule has 2 saturated carbocycles. The lowest BCUT2D eigenvalue weighted by atomic mass is 9.65. The van der Waals surface area contributed by atoms with Gasteiger partial charge in [-0.05, 0) is 124 Å². The predicted molar refractivity (Wildman–Crippen MR) is 282 cm³/mol. The Balaban J connectivity index is 0.000000150. The Hall–Kier alpha value is -3.31. The van der Waals surface area contributed by atoms with Gasteiger partial charge in [0.05, 0.1) is 11.0 Å². The Morgan fingerprint density at radius 1 is 0.639 bits per heavy atom. The van der Waals surface area contributed by atoms with E-state index >= 15 is 0 Å². The van der Waals surface area contributed by atoms with E-state index in [-0.39, 0.29) is 17.8 Å². The van der Waals surface area contributed by atoms with Crippen molar-refractivity contribution < 1.29 is 41.9 Å². The maximum Gasteiger partial charge on any atom is 0.439 e. The monoisotopic (exact) mass is 1030 g/mol. The topological polar surface area (TPSA) is 156 Å². The molecule has 396 valence electrons. The molecule has 1 amide bonds. The highest BCUT2D eigenvalue weighted by molar-refractivity contribution is 7.52. The summed E-state index contributed by atoms with van der Waals surface area (Å²) >= 11 is 0. The largest absolute Gasteiger partial charge is 0.508 e. The normalized spacial score (nSPS) is 30.1. The summed E-state index contributed by atoms with van der Waals surface area (Å²) in [5.74, 6) is 4.00. The van der Waals surface area contributed by atoms with Crippen molar-refractivity contribution in [2.75, 3.05) is 121 Å². The molecule has 4 aromatic rings. The van der Waals surface area contributed by atoms with Gasteiger partial charge in [-0.15, -0.1) is 0 Å². The number of phenolic OH excluding ortho intramolecular Hbond substituents is 1. The van der Waals surface area contributed by atoms with E-state index in [1.165, 1.54) is 78.5 Å². The second-order valence-electron chi connectivity index (χ2n) is 21.8. The molecule has 17 nitrogen and oxygen atoms in total. The van der Waals surface area contributed by atoms with Gasteiger partial charge in [-0.1, -0.05) is 26.7 Å². The summed E-state index contributed by atoms with van der Waals surface area (Å²) in [4.78, 5) is 24.5. The van der Waals surface area contributed by atoms with Gasteiger partial charge in [0, 0.05) is 153 Å².